The molecule has 12 nitrogen and oxygen atoms in total. The van der Waals surface area contributed by atoms with Crippen LogP contribution in [0, 0.1) is 26.0 Å². The minimum absolute atomic E-state index is 0.00927. The van der Waals surface area contributed by atoms with Crippen molar-refractivity contribution in [1.29, 1.82) is 0 Å². The van der Waals surface area contributed by atoms with Gasteiger partial charge in [0.25, 0.3) is 17.7 Å². The molecule has 92 heavy (non-hydrogen) atoms. The summed E-state index contributed by atoms with van der Waals surface area (Å²) in [6, 6.07) is 80.8. The molecule has 0 spiro atoms. The normalized spacial score (nSPS) is 11.6. The number of furan rings is 3. The van der Waals surface area contributed by atoms with Gasteiger partial charge >= 0.3 is 0 Å². The number of pyridine rings is 3. The van der Waals surface area contributed by atoms with Crippen molar-refractivity contribution in [2.75, 3.05) is 9.80 Å². The molecular weight excluding hydrogens is 1140 g/mol. The number of aryl methyl sites for hydroxylation is 2. The molecule has 17 aromatic rings. The molecule has 0 unspecified atom stereocenters. The van der Waals surface area contributed by atoms with Gasteiger partial charge in [0, 0.05) is 60.3 Å². The fourth-order valence-corrected chi connectivity index (χ4v) is 13.2. The van der Waals surface area contributed by atoms with E-state index in [0.717, 1.165) is 50.0 Å². The standard InChI is InChI=1S/C80H48N6O6/c1-47-37-56(44-81-75(47)49-19-6-3-7-20-49)84(63-27-16-32-69-72(63)59-25-12-14-30-66(59)90-69)78(87)53-39-54(79(88)85(57-38-48(2)76(82-45-57)50-21-8-4-9-22-50)64-28-17-33-70-73(64)60-26-13-15-31-67(60)91-70)41-55(40-53)80(89)86-58-43-61(77(83-46-58)51-23-10-5-11-24-51)52-35-36-68-62(42-52)74-65(86)29-18-34-71(74)92-68/h3-34,37-46H,1-2H3. The first-order valence-corrected chi connectivity index (χ1v) is 30.1. The second-order valence-corrected chi connectivity index (χ2v) is 22.9. The number of anilines is 4. The summed E-state index contributed by atoms with van der Waals surface area (Å²) in [6.45, 7) is 3.93. The van der Waals surface area contributed by atoms with E-state index in [2.05, 4.69) is 12.1 Å². The Kier molecular flexibility index (Phi) is 12.4. The van der Waals surface area contributed by atoms with E-state index in [-0.39, 0.29) is 16.7 Å². The van der Waals surface area contributed by atoms with Crippen molar-refractivity contribution in [2.45, 2.75) is 13.8 Å². The number of carbonyl (C=O) groups is 3. The van der Waals surface area contributed by atoms with Crippen molar-refractivity contribution < 1.29 is 27.6 Å². The highest BCUT2D eigenvalue weighted by Crippen LogP contribution is 2.44. The number of carbonyl (C=O) groups excluding carboxylic acids is 3. The number of rotatable bonds is 10. The summed E-state index contributed by atoms with van der Waals surface area (Å²) in [6.07, 6.45) is 5.05. The summed E-state index contributed by atoms with van der Waals surface area (Å²) < 4.78 is 21.0. The van der Waals surface area contributed by atoms with E-state index in [1.54, 1.807) is 51.2 Å². The highest BCUT2D eigenvalue weighted by molar-refractivity contribution is 6.24. The largest absolute Gasteiger partial charge is 0.456 e. The summed E-state index contributed by atoms with van der Waals surface area (Å²) in [5.41, 5.74) is 12.5. The first-order chi connectivity index (χ1) is 45.2. The molecule has 17 rings (SSSR count). The van der Waals surface area contributed by atoms with Crippen LogP contribution in [0.4, 0.5) is 22.7 Å². The third-order valence-corrected chi connectivity index (χ3v) is 17.3. The van der Waals surface area contributed by atoms with Gasteiger partial charge in [-0.3, -0.25) is 43.7 Å². The van der Waals surface area contributed by atoms with Crippen LogP contribution < -0.4 is 9.80 Å². The Morgan fingerprint density at radius 2 is 0.848 bits per heavy atom. The molecule has 0 aliphatic rings. The van der Waals surface area contributed by atoms with Crippen LogP contribution >= 0.6 is 0 Å². The van der Waals surface area contributed by atoms with Gasteiger partial charge in [-0.15, -0.1) is 0 Å². The van der Waals surface area contributed by atoms with E-state index in [0.29, 0.717) is 105 Å². The van der Waals surface area contributed by atoms with E-state index in [9.17, 15) is 0 Å². The molecule has 0 saturated heterocycles. The number of fused-ring (bicyclic) bond motifs is 10. The van der Waals surface area contributed by atoms with Crippen molar-refractivity contribution in [3.05, 3.63) is 295 Å². The van der Waals surface area contributed by atoms with Crippen molar-refractivity contribution in [2.24, 2.45) is 0 Å². The Labute approximate surface area is 525 Å². The first kappa shape index (κ1) is 53.5. The van der Waals surface area contributed by atoms with Crippen LogP contribution in [0.5, 0.6) is 0 Å². The average Bonchev–Trinajstić information content (AvgIpc) is 1.57. The Bertz CT molecular complexity index is 5650. The number of nitrogens with zero attached hydrogens (tertiary/aromatic N) is 6. The summed E-state index contributed by atoms with van der Waals surface area (Å²) >= 11 is 0. The third-order valence-electron chi connectivity index (χ3n) is 17.3. The van der Waals surface area contributed by atoms with Crippen molar-refractivity contribution >= 4 is 128 Å². The van der Waals surface area contributed by atoms with Crippen LogP contribution in [0.25, 0.3) is 121 Å². The van der Waals surface area contributed by atoms with Gasteiger partial charge in [0.1, 0.15) is 27.9 Å². The fourth-order valence-electron chi connectivity index (χ4n) is 13.2. The lowest BCUT2D eigenvalue weighted by atomic mass is 10.00. The molecule has 0 aliphatic carbocycles. The van der Waals surface area contributed by atoms with Gasteiger partial charge in [-0.25, -0.2) is 0 Å². The fraction of sp³-hybridized carbons (Fsp3) is 0.0250. The number of benzene rings is 9. The number of para-hydroxylation sites is 2. The zero-order chi connectivity index (χ0) is 61.7. The molecule has 0 saturated carbocycles. The summed E-state index contributed by atoms with van der Waals surface area (Å²) in [7, 11) is 0. The van der Waals surface area contributed by atoms with E-state index in [4.69, 9.17) is 28.2 Å². The van der Waals surface area contributed by atoms with Gasteiger partial charge in [-0.05, 0) is 122 Å². The smallest absolute Gasteiger partial charge is 0.262 e. The quantitative estimate of drug-likeness (QED) is 0.131. The Morgan fingerprint density at radius 1 is 0.391 bits per heavy atom. The molecule has 7 heterocycles. The van der Waals surface area contributed by atoms with Crippen molar-refractivity contribution in [3.63, 3.8) is 0 Å². The monoisotopic (exact) mass is 1190 g/mol. The van der Waals surface area contributed by atoms with Crippen LogP contribution in [0.15, 0.2) is 268 Å². The molecule has 0 atom stereocenters. The lowest BCUT2D eigenvalue weighted by Gasteiger charge is -2.27. The van der Waals surface area contributed by atoms with E-state index in [1.165, 1.54) is 0 Å². The van der Waals surface area contributed by atoms with Gasteiger partial charge in [0.15, 0.2) is 5.58 Å². The van der Waals surface area contributed by atoms with E-state index in [1.807, 2.05) is 232 Å². The number of hydrogen-bond acceptors (Lipinski definition) is 9. The van der Waals surface area contributed by atoms with E-state index < -0.39 is 17.7 Å². The maximum Gasteiger partial charge on any atom is 0.262 e. The topological polar surface area (TPSA) is 141 Å². The molecule has 7 aromatic heterocycles. The zero-order valence-electron chi connectivity index (χ0n) is 49.4. The average molecular weight is 1190 g/mol. The molecule has 4 bridgehead atoms. The molecule has 0 N–H and O–H groups in total. The van der Waals surface area contributed by atoms with Gasteiger partial charge < -0.3 is 13.3 Å². The van der Waals surface area contributed by atoms with Gasteiger partial charge in [0.05, 0.1) is 85.6 Å². The minimum atomic E-state index is -0.572. The van der Waals surface area contributed by atoms with Crippen LogP contribution in [-0.2, 0) is 0 Å². The minimum Gasteiger partial charge on any atom is -0.456 e. The van der Waals surface area contributed by atoms with Gasteiger partial charge in [0.2, 0.25) is 0 Å². The molecule has 2 amide bonds. The number of aromatic nitrogens is 4. The number of hydrogen-bond donors (Lipinski definition) is 0. The number of amides is 2. The lowest BCUT2D eigenvalue weighted by Crippen LogP contribution is -2.29. The molecule has 0 fully saturated rings. The molecule has 0 aliphatic heterocycles. The highest BCUT2D eigenvalue weighted by Gasteiger charge is 2.32. The first-order valence-electron chi connectivity index (χ1n) is 30.1. The van der Waals surface area contributed by atoms with E-state index >= 15 is 14.4 Å². The molecular formula is C80H48N6O6. The summed E-state index contributed by atoms with van der Waals surface area (Å²) in [5, 5.41) is 5.66. The summed E-state index contributed by atoms with van der Waals surface area (Å²) in [5.74, 6) is -1.71. The van der Waals surface area contributed by atoms with Crippen molar-refractivity contribution in [1.82, 2.24) is 19.5 Å². The highest BCUT2D eigenvalue weighted by atomic mass is 16.3. The summed E-state index contributed by atoms with van der Waals surface area (Å²) in [4.78, 5) is 68.9. The Morgan fingerprint density at radius 3 is 1.38 bits per heavy atom. The molecule has 12 heteroatoms. The molecule has 10 aromatic carbocycles. The predicted molar refractivity (Wildman–Crippen MR) is 363 cm³/mol. The van der Waals surface area contributed by atoms with Gasteiger partial charge in [-0.2, -0.15) is 0 Å². The predicted octanol–water partition coefficient (Wildman–Crippen LogP) is 19.5. The van der Waals surface area contributed by atoms with Gasteiger partial charge in [-0.1, -0.05) is 152 Å². The van der Waals surface area contributed by atoms with Crippen LogP contribution in [0.3, 0.4) is 0 Å². The maximum absolute atomic E-state index is 16.8. The Balaban J connectivity index is 0.936. The lowest BCUT2D eigenvalue weighted by molar-refractivity contribution is 0.0969. The second kappa shape index (κ2) is 21.3. The van der Waals surface area contributed by atoms with Crippen LogP contribution in [-0.4, -0.2) is 37.2 Å². The molecule has 0 radical (unpaired) electrons. The third kappa shape index (κ3) is 8.70. The maximum atomic E-state index is 16.8. The molecule has 434 valence electrons. The van der Waals surface area contributed by atoms with Crippen LogP contribution in [0.2, 0.25) is 0 Å². The Hall–Kier alpha value is -12.7. The second-order valence-electron chi connectivity index (χ2n) is 22.9. The van der Waals surface area contributed by atoms with Crippen molar-refractivity contribution in [3.8, 4) is 33.8 Å². The zero-order valence-corrected chi connectivity index (χ0v) is 49.4. The van der Waals surface area contributed by atoms with Crippen LogP contribution in [0.1, 0.15) is 42.2 Å². The SMILES string of the molecule is Cc1cc(N(C(=O)c2cc(C(=O)N(c3cnc(-c4ccccc4)c(C)c3)c3cccc4oc5ccccc5c34)cc(C(=O)n3c4cnc(-c5ccccc5)c(c4)c4c#cc5oc6cccc3c6c5c4)c2)c2cccc3oc4ccccc4c23)cnc1-c1ccccc1.